The molecule has 0 heterocycles. The number of nitro benzene ring substituents is 1. The highest BCUT2D eigenvalue weighted by Gasteiger charge is 2.28. The van der Waals surface area contributed by atoms with Crippen molar-refractivity contribution >= 4 is 29.3 Å². The molecule has 2 aromatic rings. The second-order valence-electron chi connectivity index (χ2n) is 8.34. The number of thioether (sulfide) groups is 1. The van der Waals surface area contributed by atoms with Gasteiger partial charge in [0.05, 0.1) is 10.7 Å². The Kier molecular flexibility index (Phi) is 8.62. The number of nitrogens with zero attached hydrogens (tertiary/aromatic N) is 2. The van der Waals surface area contributed by atoms with Crippen molar-refractivity contribution in [3.63, 3.8) is 0 Å². The quantitative estimate of drug-likeness (QED) is 0.464. The first kappa shape index (κ1) is 24.4. The Morgan fingerprint density at radius 1 is 1.06 bits per heavy atom. The molecule has 1 N–H and O–H groups in total. The number of non-ortho nitro benzene ring substituents is 1. The average molecular weight is 444 g/mol. The van der Waals surface area contributed by atoms with Crippen LogP contribution >= 0.6 is 11.8 Å². The van der Waals surface area contributed by atoms with Gasteiger partial charge in [-0.3, -0.25) is 19.7 Å². The van der Waals surface area contributed by atoms with Crippen molar-refractivity contribution in [3.8, 4) is 0 Å². The summed E-state index contributed by atoms with van der Waals surface area (Å²) in [7, 11) is 0. The maximum absolute atomic E-state index is 13.0. The molecule has 0 aliphatic rings. The van der Waals surface area contributed by atoms with E-state index < -0.39 is 16.5 Å². The van der Waals surface area contributed by atoms with Gasteiger partial charge in [-0.2, -0.15) is 0 Å². The lowest BCUT2D eigenvalue weighted by Crippen LogP contribution is -2.52. The zero-order valence-electron chi connectivity index (χ0n) is 18.3. The van der Waals surface area contributed by atoms with Crippen molar-refractivity contribution in [3.05, 3.63) is 75.8 Å². The van der Waals surface area contributed by atoms with E-state index in [1.165, 1.54) is 23.9 Å². The van der Waals surface area contributed by atoms with Gasteiger partial charge in [0, 0.05) is 30.0 Å². The van der Waals surface area contributed by atoms with Crippen LogP contribution in [-0.4, -0.2) is 39.0 Å². The highest BCUT2D eigenvalue weighted by Crippen LogP contribution is 2.19. The summed E-state index contributed by atoms with van der Waals surface area (Å²) >= 11 is 1.42. The molecule has 0 radical (unpaired) electrons. The van der Waals surface area contributed by atoms with Crippen LogP contribution in [0, 0.1) is 10.1 Å². The van der Waals surface area contributed by atoms with E-state index in [2.05, 4.69) is 5.32 Å². The SMILES string of the molecule is CC(C(=O)NC(C)(C)C)N(Cc1ccccc1)C(=O)CSCc1ccc([N+](=O)[O-])cc1. The number of hydrogen-bond acceptors (Lipinski definition) is 5. The monoisotopic (exact) mass is 443 g/mol. The first-order valence-corrected chi connectivity index (χ1v) is 11.2. The van der Waals surface area contributed by atoms with Gasteiger partial charge in [0.25, 0.3) is 5.69 Å². The average Bonchev–Trinajstić information content (AvgIpc) is 2.71. The molecule has 0 bridgehead atoms. The van der Waals surface area contributed by atoms with Crippen LogP contribution in [0.25, 0.3) is 0 Å². The maximum Gasteiger partial charge on any atom is 0.269 e. The van der Waals surface area contributed by atoms with Crippen LogP contribution in [0.15, 0.2) is 54.6 Å². The molecular formula is C23H29N3O4S. The number of benzene rings is 2. The molecule has 0 spiro atoms. The Labute approximate surface area is 187 Å². The lowest BCUT2D eigenvalue weighted by Gasteiger charge is -2.31. The Morgan fingerprint density at radius 2 is 1.68 bits per heavy atom. The summed E-state index contributed by atoms with van der Waals surface area (Å²) < 4.78 is 0. The van der Waals surface area contributed by atoms with E-state index in [1.54, 1.807) is 24.0 Å². The third-order valence-electron chi connectivity index (χ3n) is 4.50. The van der Waals surface area contributed by atoms with E-state index in [0.29, 0.717) is 12.3 Å². The second-order valence-corrected chi connectivity index (χ2v) is 9.32. The lowest BCUT2D eigenvalue weighted by molar-refractivity contribution is -0.384. The molecule has 0 fully saturated rings. The first-order chi connectivity index (χ1) is 14.6. The summed E-state index contributed by atoms with van der Waals surface area (Å²) in [6.07, 6.45) is 0. The number of nitro groups is 1. The molecule has 7 nitrogen and oxygen atoms in total. The zero-order valence-corrected chi connectivity index (χ0v) is 19.1. The van der Waals surface area contributed by atoms with Gasteiger partial charge in [0.1, 0.15) is 6.04 Å². The van der Waals surface area contributed by atoms with Crippen LogP contribution < -0.4 is 5.32 Å². The minimum absolute atomic E-state index is 0.0394. The molecule has 0 saturated heterocycles. The Morgan fingerprint density at radius 3 is 2.23 bits per heavy atom. The fourth-order valence-corrected chi connectivity index (χ4v) is 3.76. The van der Waals surface area contributed by atoms with Gasteiger partial charge in [0.2, 0.25) is 11.8 Å². The number of hydrogen-bond donors (Lipinski definition) is 1. The molecule has 2 rings (SSSR count). The van der Waals surface area contributed by atoms with Gasteiger partial charge in [0.15, 0.2) is 0 Å². The van der Waals surface area contributed by atoms with E-state index in [9.17, 15) is 19.7 Å². The van der Waals surface area contributed by atoms with Gasteiger partial charge >= 0.3 is 0 Å². The smallest absolute Gasteiger partial charge is 0.269 e. The van der Waals surface area contributed by atoms with Gasteiger partial charge in [-0.1, -0.05) is 42.5 Å². The van der Waals surface area contributed by atoms with Crippen molar-refractivity contribution < 1.29 is 14.5 Å². The summed E-state index contributed by atoms with van der Waals surface area (Å²) in [5, 5.41) is 13.7. The normalized spacial score (nSPS) is 12.1. The minimum Gasteiger partial charge on any atom is -0.350 e. The van der Waals surface area contributed by atoms with Crippen molar-refractivity contribution in [2.45, 2.75) is 51.6 Å². The fraction of sp³-hybridized carbons (Fsp3) is 0.391. The first-order valence-electron chi connectivity index (χ1n) is 10.0. The summed E-state index contributed by atoms with van der Waals surface area (Å²) in [4.78, 5) is 37.7. The topological polar surface area (TPSA) is 92.6 Å². The van der Waals surface area contributed by atoms with Crippen molar-refractivity contribution in [1.29, 1.82) is 0 Å². The summed E-state index contributed by atoms with van der Waals surface area (Å²) in [6, 6.07) is 15.3. The highest BCUT2D eigenvalue weighted by atomic mass is 32.2. The summed E-state index contributed by atoms with van der Waals surface area (Å²) in [5.41, 5.74) is 1.50. The highest BCUT2D eigenvalue weighted by molar-refractivity contribution is 7.99. The Balaban J connectivity index is 2.04. The molecule has 0 aliphatic heterocycles. The summed E-state index contributed by atoms with van der Waals surface area (Å²) in [5.74, 6) is 0.423. The van der Waals surface area contributed by atoms with Gasteiger partial charge < -0.3 is 10.2 Å². The molecule has 1 unspecified atom stereocenters. The van der Waals surface area contributed by atoms with E-state index >= 15 is 0 Å². The standard InChI is InChI=1S/C23H29N3O4S/c1-17(22(28)24-23(2,3)4)25(14-18-8-6-5-7-9-18)21(27)16-31-15-19-10-12-20(13-11-19)26(29)30/h5-13,17H,14-16H2,1-4H3,(H,24,28). The molecule has 31 heavy (non-hydrogen) atoms. The number of carbonyl (C=O) groups is 2. The van der Waals surface area contributed by atoms with E-state index in [0.717, 1.165) is 11.1 Å². The molecule has 8 heteroatoms. The van der Waals surface area contributed by atoms with Crippen molar-refractivity contribution in [1.82, 2.24) is 10.2 Å². The van der Waals surface area contributed by atoms with Gasteiger partial charge in [-0.25, -0.2) is 0 Å². The minimum atomic E-state index is -0.619. The third-order valence-corrected chi connectivity index (χ3v) is 5.49. The number of carbonyl (C=O) groups excluding carboxylic acids is 2. The van der Waals surface area contributed by atoms with E-state index in [4.69, 9.17) is 0 Å². The zero-order chi connectivity index (χ0) is 23.0. The van der Waals surface area contributed by atoms with Crippen LogP contribution in [0.2, 0.25) is 0 Å². The predicted molar refractivity (Wildman–Crippen MR) is 124 cm³/mol. The predicted octanol–water partition coefficient (Wildman–Crippen LogP) is 4.16. The molecule has 2 aromatic carbocycles. The fourth-order valence-electron chi connectivity index (χ4n) is 2.89. The van der Waals surface area contributed by atoms with Gasteiger partial charge in [-0.05, 0) is 38.8 Å². The van der Waals surface area contributed by atoms with Crippen LogP contribution in [-0.2, 0) is 21.9 Å². The second kappa shape index (κ2) is 10.9. The van der Waals surface area contributed by atoms with Crippen LogP contribution in [0.5, 0.6) is 0 Å². The molecule has 0 aliphatic carbocycles. The number of amides is 2. The lowest BCUT2D eigenvalue weighted by atomic mass is 10.1. The number of rotatable bonds is 9. The van der Waals surface area contributed by atoms with Crippen molar-refractivity contribution in [2.24, 2.45) is 0 Å². The molecule has 0 saturated carbocycles. The van der Waals surface area contributed by atoms with E-state index in [1.807, 2.05) is 51.1 Å². The molecular weight excluding hydrogens is 414 g/mol. The Bertz CT molecular complexity index is 895. The van der Waals surface area contributed by atoms with Crippen LogP contribution in [0.3, 0.4) is 0 Å². The molecule has 166 valence electrons. The Hall–Kier alpha value is -2.87. The number of nitrogens with one attached hydrogen (secondary N) is 1. The summed E-state index contributed by atoms with van der Waals surface area (Å²) in [6.45, 7) is 7.79. The van der Waals surface area contributed by atoms with E-state index in [-0.39, 0.29) is 23.3 Å². The molecule has 1 atom stereocenters. The third kappa shape index (κ3) is 8.05. The maximum atomic E-state index is 13.0. The van der Waals surface area contributed by atoms with Gasteiger partial charge in [-0.15, -0.1) is 11.8 Å². The van der Waals surface area contributed by atoms with Crippen LogP contribution in [0.1, 0.15) is 38.8 Å². The molecule has 0 aromatic heterocycles. The van der Waals surface area contributed by atoms with Crippen molar-refractivity contribution in [2.75, 3.05) is 5.75 Å². The largest absolute Gasteiger partial charge is 0.350 e. The molecule has 2 amide bonds. The van der Waals surface area contributed by atoms with Crippen LogP contribution in [0.4, 0.5) is 5.69 Å².